The molecule has 1 heterocycles. The van der Waals surface area contributed by atoms with Crippen LogP contribution in [0.2, 0.25) is 0 Å². The lowest BCUT2D eigenvalue weighted by Gasteiger charge is -2.46. The third-order valence-electron chi connectivity index (χ3n) is 4.36. The number of alkyl halides is 1. The second-order valence-electron chi connectivity index (χ2n) is 6.08. The van der Waals surface area contributed by atoms with Crippen LogP contribution in [0.1, 0.15) is 25.3 Å². The number of aliphatic carboxylic acids is 1. The van der Waals surface area contributed by atoms with Crippen LogP contribution in [0.4, 0.5) is 0 Å². The fraction of sp³-hybridized carbons (Fsp3) is 0.278. The third-order valence-corrected chi connectivity index (χ3v) is 6.00. The standard InChI is InChI=1S/C18H17BrO3/c1-17(2,16(20)21)18(19)14(12-7-4-3-5-8-12)11-13-9-6-10-15(13)22-18/h3-11,14H,1-2H3,(H,20,21). The average molecular weight is 361 g/mol. The fourth-order valence-electron chi connectivity index (χ4n) is 2.79. The number of carboxylic acid groups (broad SMARTS) is 1. The highest BCUT2D eigenvalue weighted by atomic mass is 79.9. The summed E-state index contributed by atoms with van der Waals surface area (Å²) in [7, 11) is 0. The Morgan fingerprint density at radius 2 is 2.00 bits per heavy atom. The summed E-state index contributed by atoms with van der Waals surface area (Å²) in [5.74, 6) is -0.415. The molecule has 2 unspecified atom stereocenters. The van der Waals surface area contributed by atoms with Crippen molar-refractivity contribution >= 4 is 21.9 Å². The van der Waals surface area contributed by atoms with Crippen molar-refractivity contribution in [3.63, 3.8) is 0 Å². The Hall–Kier alpha value is -1.81. The van der Waals surface area contributed by atoms with Crippen LogP contribution in [-0.4, -0.2) is 15.6 Å². The molecule has 1 aromatic rings. The molecule has 4 heteroatoms. The molecule has 0 spiro atoms. The number of carbonyl (C=O) groups is 1. The smallest absolute Gasteiger partial charge is 0.314 e. The summed E-state index contributed by atoms with van der Waals surface area (Å²) in [6, 6.07) is 9.83. The molecular formula is C18H17BrO3. The highest BCUT2D eigenvalue weighted by Crippen LogP contribution is 2.55. The summed E-state index contributed by atoms with van der Waals surface area (Å²) >= 11 is 3.64. The van der Waals surface area contributed by atoms with Crippen LogP contribution in [0.3, 0.4) is 0 Å². The Kier molecular flexibility index (Phi) is 3.52. The number of allylic oxidation sites excluding steroid dienone is 3. The molecule has 0 amide bonds. The van der Waals surface area contributed by atoms with Gasteiger partial charge in [0.15, 0.2) is 4.51 Å². The molecule has 22 heavy (non-hydrogen) atoms. The predicted octanol–water partition coefficient (Wildman–Crippen LogP) is 4.38. The molecule has 2 atom stereocenters. The molecule has 0 saturated heterocycles. The minimum Gasteiger partial charge on any atom is -0.481 e. The van der Waals surface area contributed by atoms with E-state index < -0.39 is 15.9 Å². The maximum atomic E-state index is 11.8. The lowest BCUT2D eigenvalue weighted by molar-refractivity contribution is -0.157. The van der Waals surface area contributed by atoms with Crippen molar-refractivity contribution in [1.82, 2.24) is 0 Å². The minimum atomic E-state index is -1.13. The van der Waals surface area contributed by atoms with Crippen LogP contribution in [0.5, 0.6) is 0 Å². The second-order valence-corrected chi connectivity index (χ2v) is 7.26. The van der Waals surface area contributed by atoms with Gasteiger partial charge in [0.25, 0.3) is 0 Å². The number of hydrogen-bond acceptors (Lipinski definition) is 2. The zero-order chi connectivity index (χ0) is 16.0. The first-order chi connectivity index (χ1) is 10.4. The van der Waals surface area contributed by atoms with Crippen LogP contribution in [0.15, 0.2) is 66.0 Å². The molecule has 1 N–H and O–H groups in total. The van der Waals surface area contributed by atoms with Gasteiger partial charge in [0, 0.05) is 5.57 Å². The van der Waals surface area contributed by atoms with Crippen LogP contribution >= 0.6 is 15.9 Å². The number of fused-ring (bicyclic) bond motifs is 1. The van der Waals surface area contributed by atoms with Gasteiger partial charge in [-0.2, -0.15) is 0 Å². The topological polar surface area (TPSA) is 46.5 Å². The Bertz CT molecular complexity index is 700. The monoisotopic (exact) mass is 360 g/mol. The van der Waals surface area contributed by atoms with E-state index in [1.54, 1.807) is 13.8 Å². The van der Waals surface area contributed by atoms with E-state index in [-0.39, 0.29) is 5.92 Å². The summed E-state index contributed by atoms with van der Waals surface area (Å²) in [5, 5.41) is 9.70. The van der Waals surface area contributed by atoms with E-state index in [0.29, 0.717) is 5.76 Å². The number of rotatable bonds is 3. The van der Waals surface area contributed by atoms with Crippen molar-refractivity contribution in [2.24, 2.45) is 5.41 Å². The first kappa shape index (κ1) is 15.1. The molecule has 1 aromatic carbocycles. The normalized spacial score (nSPS) is 26.8. The molecule has 2 aliphatic rings. The van der Waals surface area contributed by atoms with Crippen LogP contribution < -0.4 is 0 Å². The van der Waals surface area contributed by atoms with Gasteiger partial charge < -0.3 is 9.84 Å². The van der Waals surface area contributed by atoms with Crippen LogP contribution in [0.25, 0.3) is 0 Å². The quantitative estimate of drug-likeness (QED) is 0.813. The van der Waals surface area contributed by atoms with Gasteiger partial charge in [0.2, 0.25) is 0 Å². The molecule has 3 rings (SSSR count). The molecule has 0 saturated carbocycles. The molecule has 0 fully saturated rings. The maximum absolute atomic E-state index is 11.8. The first-order valence-electron chi connectivity index (χ1n) is 7.13. The van der Waals surface area contributed by atoms with E-state index >= 15 is 0 Å². The van der Waals surface area contributed by atoms with E-state index in [9.17, 15) is 9.90 Å². The highest BCUT2D eigenvalue weighted by Gasteiger charge is 2.57. The number of carboxylic acids is 1. The Morgan fingerprint density at radius 3 is 2.64 bits per heavy atom. The summed E-state index contributed by atoms with van der Waals surface area (Å²) < 4.78 is 5.10. The molecule has 3 nitrogen and oxygen atoms in total. The summed E-state index contributed by atoms with van der Waals surface area (Å²) in [6.07, 6.45) is 7.83. The fourth-order valence-corrected chi connectivity index (χ4v) is 3.53. The van der Waals surface area contributed by atoms with Gasteiger partial charge in [0.1, 0.15) is 11.2 Å². The van der Waals surface area contributed by atoms with Crippen molar-refractivity contribution in [3.8, 4) is 0 Å². The van der Waals surface area contributed by atoms with Crippen molar-refractivity contribution in [1.29, 1.82) is 0 Å². The molecule has 114 valence electrons. The van der Waals surface area contributed by atoms with E-state index in [0.717, 1.165) is 11.1 Å². The summed E-state index contributed by atoms with van der Waals surface area (Å²) in [5.41, 5.74) is 0.879. The van der Waals surface area contributed by atoms with Crippen molar-refractivity contribution < 1.29 is 14.6 Å². The number of halogens is 1. The third kappa shape index (κ3) is 2.13. The zero-order valence-electron chi connectivity index (χ0n) is 12.4. The van der Waals surface area contributed by atoms with Gasteiger partial charge in [-0.15, -0.1) is 0 Å². The highest BCUT2D eigenvalue weighted by molar-refractivity contribution is 9.10. The molecular weight excluding hydrogens is 344 g/mol. The largest absolute Gasteiger partial charge is 0.481 e. The lowest BCUT2D eigenvalue weighted by atomic mass is 9.74. The lowest BCUT2D eigenvalue weighted by Crippen LogP contribution is -2.51. The van der Waals surface area contributed by atoms with Gasteiger partial charge in [-0.05, 0) is 41.4 Å². The van der Waals surface area contributed by atoms with E-state index in [2.05, 4.69) is 22.0 Å². The summed E-state index contributed by atoms with van der Waals surface area (Å²) in [4.78, 5) is 11.8. The van der Waals surface area contributed by atoms with Gasteiger partial charge in [-0.1, -0.05) is 48.6 Å². The van der Waals surface area contributed by atoms with Crippen molar-refractivity contribution in [2.45, 2.75) is 24.3 Å². The molecule has 0 radical (unpaired) electrons. The summed E-state index contributed by atoms with van der Waals surface area (Å²) in [6.45, 7) is 3.36. The first-order valence-corrected chi connectivity index (χ1v) is 7.92. The maximum Gasteiger partial charge on any atom is 0.314 e. The van der Waals surface area contributed by atoms with E-state index in [1.165, 1.54) is 0 Å². The van der Waals surface area contributed by atoms with E-state index in [1.807, 2.05) is 48.6 Å². The van der Waals surface area contributed by atoms with E-state index in [4.69, 9.17) is 4.74 Å². The number of ether oxygens (including phenoxy) is 1. The van der Waals surface area contributed by atoms with Crippen molar-refractivity contribution in [3.05, 3.63) is 71.5 Å². The Morgan fingerprint density at radius 1 is 1.32 bits per heavy atom. The van der Waals surface area contributed by atoms with Gasteiger partial charge >= 0.3 is 5.97 Å². The van der Waals surface area contributed by atoms with Gasteiger partial charge in [0.05, 0.1) is 5.92 Å². The molecule has 0 bridgehead atoms. The Balaban J connectivity index is 2.17. The average Bonchev–Trinajstić information content (AvgIpc) is 2.93. The minimum absolute atomic E-state index is 0.213. The second kappa shape index (κ2) is 5.13. The zero-order valence-corrected chi connectivity index (χ0v) is 14.0. The SMILES string of the molecule is CC(C)(C(=O)O)C1(Br)OC2=CC=CC2=CC1c1ccccc1. The van der Waals surface area contributed by atoms with Gasteiger partial charge in [-0.3, -0.25) is 4.79 Å². The number of hydrogen-bond donors (Lipinski definition) is 1. The molecule has 1 aliphatic carbocycles. The van der Waals surface area contributed by atoms with Crippen LogP contribution in [0, 0.1) is 5.41 Å². The molecule has 0 aromatic heterocycles. The Labute approximate surface area is 138 Å². The molecule has 1 aliphatic heterocycles. The predicted molar refractivity (Wildman–Crippen MR) is 88.6 cm³/mol. The van der Waals surface area contributed by atoms with Gasteiger partial charge in [-0.25, -0.2) is 0 Å². The van der Waals surface area contributed by atoms with Crippen LogP contribution in [-0.2, 0) is 9.53 Å². The number of benzene rings is 1. The van der Waals surface area contributed by atoms with Crippen molar-refractivity contribution in [2.75, 3.05) is 0 Å².